The van der Waals surface area contributed by atoms with E-state index in [2.05, 4.69) is 5.32 Å². The Morgan fingerprint density at radius 2 is 1.86 bits per heavy atom. The molecule has 8 nitrogen and oxygen atoms in total. The van der Waals surface area contributed by atoms with Crippen LogP contribution in [-0.2, 0) is 14.4 Å². The Bertz CT molecular complexity index is 852. The summed E-state index contributed by atoms with van der Waals surface area (Å²) in [6, 6.07) is 5.27. The summed E-state index contributed by atoms with van der Waals surface area (Å²) in [5, 5.41) is 11.4. The number of ether oxygens (including phenoxy) is 1. The fourth-order valence-corrected chi connectivity index (χ4v) is 5.46. The Kier molecular flexibility index (Phi) is 4.91. The maximum absolute atomic E-state index is 12.9. The first kappa shape index (κ1) is 20.2. The summed E-state index contributed by atoms with van der Waals surface area (Å²) in [5.41, 5.74) is -1.49. The molecule has 28 heavy (non-hydrogen) atoms. The number of β-lactam (4-membered cyclic amide) rings is 1. The van der Waals surface area contributed by atoms with Crippen LogP contribution in [0.4, 0.5) is 0 Å². The molecule has 2 amide bonds. The highest BCUT2D eigenvalue weighted by atomic mass is 32.2. The van der Waals surface area contributed by atoms with Crippen molar-refractivity contribution >= 4 is 35.3 Å². The van der Waals surface area contributed by atoms with E-state index in [1.165, 1.54) is 23.6 Å². The minimum atomic E-state index is -1.76. The molecule has 1 aromatic rings. The van der Waals surface area contributed by atoms with Gasteiger partial charge in [-0.05, 0) is 52.0 Å². The van der Waals surface area contributed by atoms with Crippen molar-refractivity contribution < 1.29 is 29.0 Å². The van der Waals surface area contributed by atoms with E-state index in [-0.39, 0.29) is 5.56 Å². The number of hydrogen-bond donors (Lipinski definition) is 2. The third-order valence-electron chi connectivity index (χ3n) is 5.07. The van der Waals surface area contributed by atoms with Crippen molar-refractivity contribution in [3.8, 4) is 5.75 Å². The Morgan fingerprint density at radius 1 is 1.25 bits per heavy atom. The standard InChI is InChI=1S/C19H22N2O6S/c1-5-27-12-8-6-11(7-9-12)14(23)20-19(10(2)22)16(26)21-13(15(24)25)18(3,4)28-17(19)21/h6-9,13,17H,5H2,1-4H3,(H,20,23)(H,24,25)/t13-,17+,19-/m0/s1. The van der Waals surface area contributed by atoms with Crippen LogP contribution in [0.1, 0.15) is 38.1 Å². The van der Waals surface area contributed by atoms with Crippen molar-refractivity contribution in [2.24, 2.45) is 0 Å². The molecule has 2 heterocycles. The number of nitrogens with zero attached hydrogens (tertiary/aromatic N) is 1. The SMILES string of the molecule is CCOc1ccc(C(=O)N[C@@]2(C(C)=O)C(=O)N3[C@@H](C(=O)O)C(C)(C)S[C@@H]32)cc1. The van der Waals surface area contributed by atoms with Gasteiger partial charge in [0.05, 0.1) is 6.61 Å². The van der Waals surface area contributed by atoms with E-state index < -0.39 is 45.3 Å². The van der Waals surface area contributed by atoms with Gasteiger partial charge in [-0.15, -0.1) is 11.8 Å². The fourth-order valence-electron chi connectivity index (χ4n) is 3.71. The molecule has 2 saturated heterocycles. The Hall–Kier alpha value is -2.55. The van der Waals surface area contributed by atoms with Crippen molar-refractivity contribution in [1.82, 2.24) is 10.2 Å². The van der Waals surface area contributed by atoms with Gasteiger partial charge in [-0.2, -0.15) is 0 Å². The lowest BCUT2D eigenvalue weighted by Crippen LogP contribution is -2.82. The molecule has 0 aromatic heterocycles. The number of carbonyl (C=O) groups is 4. The number of ketones is 1. The monoisotopic (exact) mass is 406 g/mol. The summed E-state index contributed by atoms with van der Waals surface area (Å²) in [7, 11) is 0. The molecule has 2 N–H and O–H groups in total. The van der Waals surface area contributed by atoms with Crippen LogP contribution in [0.2, 0.25) is 0 Å². The second-order valence-electron chi connectivity index (χ2n) is 7.30. The highest BCUT2D eigenvalue weighted by molar-refractivity contribution is 8.01. The van der Waals surface area contributed by atoms with E-state index in [4.69, 9.17) is 4.74 Å². The van der Waals surface area contributed by atoms with Crippen LogP contribution >= 0.6 is 11.8 Å². The number of benzene rings is 1. The zero-order chi connectivity index (χ0) is 20.9. The van der Waals surface area contributed by atoms with Gasteiger partial charge in [0, 0.05) is 10.3 Å². The van der Waals surface area contributed by atoms with Crippen LogP contribution in [0.25, 0.3) is 0 Å². The van der Waals surface area contributed by atoms with Gasteiger partial charge in [0.25, 0.3) is 11.8 Å². The summed E-state index contributed by atoms with van der Waals surface area (Å²) >= 11 is 1.21. The number of rotatable bonds is 6. The zero-order valence-corrected chi connectivity index (χ0v) is 16.8. The molecule has 9 heteroatoms. The average Bonchev–Trinajstić information content (AvgIpc) is 2.88. The largest absolute Gasteiger partial charge is 0.494 e. The summed E-state index contributed by atoms with van der Waals surface area (Å²) in [5.74, 6) is -2.32. The molecule has 0 radical (unpaired) electrons. The van der Waals surface area contributed by atoms with Crippen LogP contribution in [0.3, 0.4) is 0 Å². The number of nitrogens with one attached hydrogen (secondary N) is 1. The van der Waals surface area contributed by atoms with E-state index in [1.54, 1.807) is 38.1 Å². The molecule has 0 unspecified atom stereocenters. The number of carboxylic acids is 1. The summed E-state index contributed by atoms with van der Waals surface area (Å²) < 4.78 is 4.54. The molecule has 3 atom stereocenters. The number of fused-ring (bicyclic) bond motifs is 1. The zero-order valence-electron chi connectivity index (χ0n) is 16.0. The van der Waals surface area contributed by atoms with E-state index in [0.717, 1.165) is 0 Å². The van der Waals surface area contributed by atoms with Gasteiger partial charge in [-0.3, -0.25) is 14.4 Å². The minimum absolute atomic E-state index is 0.271. The van der Waals surface area contributed by atoms with E-state index in [9.17, 15) is 24.3 Å². The maximum Gasteiger partial charge on any atom is 0.327 e. The van der Waals surface area contributed by atoms with Crippen LogP contribution in [0, 0.1) is 0 Å². The molecule has 2 aliphatic heterocycles. The second-order valence-corrected chi connectivity index (χ2v) is 9.04. The smallest absolute Gasteiger partial charge is 0.327 e. The van der Waals surface area contributed by atoms with Crippen molar-refractivity contribution in [2.75, 3.05) is 6.61 Å². The number of amides is 2. The molecule has 150 valence electrons. The van der Waals surface area contributed by atoms with Crippen LogP contribution in [0.15, 0.2) is 24.3 Å². The van der Waals surface area contributed by atoms with Gasteiger partial charge in [0.1, 0.15) is 17.2 Å². The van der Waals surface area contributed by atoms with E-state index in [1.807, 2.05) is 6.92 Å². The second kappa shape index (κ2) is 6.80. The molecular formula is C19H22N2O6S. The molecule has 3 rings (SSSR count). The minimum Gasteiger partial charge on any atom is -0.494 e. The van der Waals surface area contributed by atoms with Gasteiger partial charge >= 0.3 is 5.97 Å². The van der Waals surface area contributed by atoms with Crippen LogP contribution in [-0.4, -0.2) is 61.9 Å². The lowest BCUT2D eigenvalue weighted by Gasteiger charge is -2.51. The van der Waals surface area contributed by atoms with Crippen molar-refractivity contribution in [3.05, 3.63) is 29.8 Å². The summed E-state index contributed by atoms with van der Waals surface area (Å²) in [6.07, 6.45) is 0. The Morgan fingerprint density at radius 3 is 2.36 bits per heavy atom. The molecule has 0 spiro atoms. The number of thioether (sulfide) groups is 1. The molecule has 1 aromatic carbocycles. The first-order valence-electron chi connectivity index (χ1n) is 8.86. The number of hydrogen-bond acceptors (Lipinski definition) is 6. The topological polar surface area (TPSA) is 113 Å². The number of carbonyl (C=O) groups excluding carboxylic acids is 3. The van der Waals surface area contributed by atoms with Gasteiger partial charge < -0.3 is 20.1 Å². The first-order valence-corrected chi connectivity index (χ1v) is 9.74. The predicted molar refractivity (Wildman–Crippen MR) is 102 cm³/mol. The predicted octanol–water partition coefficient (Wildman–Crippen LogP) is 1.29. The molecular weight excluding hydrogens is 384 g/mol. The maximum atomic E-state index is 12.9. The molecule has 0 bridgehead atoms. The Labute approximate surface area is 166 Å². The summed E-state index contributed by atoms with van der Waals surface area (Å²) in [6.45, 7) is 6.98. The van der Waals surface area contributed by atoms with Gasteiger partial charge in [0.2, 0.25) is 5.54 Å². The molecule has 0 saturated carbocycles. The van der Waals surface area contributed by atoms with Crippen molar-refractivity contribution in [3.63, 3.8) is 0 Å². The lowest BCUT2D eigenvalue weighted by atomic mass is 9.81. The normalized spacial score (nSPS) is 27.6. The third-order valence-corrected chi connectivity index (χ3v) is 6.71. The quantitative estimate of drug-likeness (QED) is 0.541. The third kappa shape index (κ3) is 2.85. The average molecular weight is 406 g/mol. The fraction of sp³-hybridized carbons (Fsp3) is 0.474. The lowest BCUT2D eigenvalue weighted by molar-refractivity contribution is -0.170. The van der Waals surface area contributed by atoms with Gasteiger partial charge in [-0.25, -0.2) is 4.79 Å². The van der Waals surface area contributed by atoms with Crippen molar-refractivity contribution in [1.29, 1.82) is 0 Å². The molecule has 0 aliphatic carbocycles. The van der Waals surface area contributed by atoms with E-state index in [0.29, 0.717) is 12.4 Å². The summed E-state index contributed by atoms with van der Waals surface area (Å²) in [4.78, 5) is 51.0. The number of Topliss-reactive ketones (excluding diaryl/α,β-unsaturated/α-hetero) is 1. The first-order chi connectivity index (χ1) is 13.1. The van der Waals surface area contributed by atoms with Crippen LogP contribution < -0.4 is 10.1 Å². The van der Waals surface area contributed by atoms with Crippen molar-refractivity contribution in [2.45, 2.75) is 49.4 Å². The molecule has 2 fully saturated rings. The van der Waals surface area contributed by atoms with Gasteiger partial charge in [-0.1, -0.05) is 0 Å². The van der Waals surface area contributed by atoms with Crippen LogP contribution in [0.5, 0.6) is 5.75 Å². The molecule has 2 aliphatic rings. The number of carboxylic acid groups (broad SMARTS) is 1. The van der Waals surface area contributed by atoms with Gasteiger partial charge in [0.15, 0.2) is 5.78 Å². The highest BCUT2D eigenvalue weighted by Gasteiger charge is 2.74. The Balaban J connectivity index is 1.88. The number of aliphatic carboxylic acids is 1. The van der Waals surface area contributed by atoms with E-state index >= 15 is 0 Å². The highest BCUT2D eigenvalue weighted by Crippen LogP contribution is 2.55.